The van der Waals surface area contributed by atoms with E-state index in [9.17, 15) is 10.2 Å². The van der Waals surface area contributed by atoms with Crippen molar-refractivity contribution in [3.63, 3.8) is 0 Å². The highest BCUT2D eigenvalue weighted by Gasteiger charge is 2.56. The topological polar surface area (TPSA) is 58.3 Å². The van der Waals surface area contributed by atoms with E-state index in [0.29, 0.717) is 23.7 Å². The van der Waals surface area contributed by atoms with Crippen molar-refractivity contribution in [1.29, 1.82) is 0 Å². The van der Waals surface area contributed by atoms with Crippen LogP contribution in [0.15, 0.2) is 36.8 Å². The molecule has 136 valence electrons. The summed E-state index contributed by atoms with van der Waals surface area (Å²) >= 11 is 0. The first-order valence-electron chi connectivity index (χ1n) is 10.1. The van der Waals surface area contributed by atoms with Crippen LogP contribution in [-0.4, -0.2) is 31.5 Å². The number of fused-ring (bicyclic) bond motifs is 3. The van der Waals surface area contributed by atoms with Crippen LogP contribution in [0.2, 0.25) is 0 Å². The predicted octanol–water partition coefficient (Wildman–Crippen LogP) is 3.39. The number of benzene rings is 1. The van der Waals surface area contributed by atoms with Gasteiger partial charge >= 0.3 is 0 Å². The second-order valence-electron chi connectivity index (χ2n) is 9.36. The summed E-state index contributed by atoms with van der Waals surface area (Å²) in [6.07, 6.45) is 9.50. The van der Waals surface area contributed by atoms with Crippen LogP contribution in [0, 0.1) is 23.7 Å². The Hall–Kier alpha value is -1.65. The molecule has 7 rings (SSSR count). The SMILES string of the molecule is OC(CC1c2ccccc2-c2cncn21)C1C2CC3CC1CC(O)(C3)C2. The average Bonchev–Trinajstić information content (AvgIpc) is 3.16. The fourth-order valence-electron chi connectivity index (χ4n) is 7.21. The highest BCUT2D eigenvalue weighted by atomic mass is 16.3. The molecule has 4 bridgehead atoms. The predicted molar refractivity (Wildman–Crippen MR) is 98.4 cm³/mol. The number of aliphatic hydroxyl groups is 2. The van der Waals surface area contributed by atoms with Crippen molar-refractivity contribution in [2.45, 2.75) is 56.3 Å². The summed E-state index contributed by atoms with van der Waals surface area (Å²) in [7, 11) is 0. The zero-order chi connectivity index (χ0) is 17.5. The minimum Gasteiger partial charge on any atom is -0.393 e. The summed E-state index contributed by atoms with van der Waals surface area (Å²) in [6.45, 7) is 0. The molecule has 4 nitrogen and oxygen atoms in total. The molecule has 4 unspecified atom stereocenters. The summed E-state index contributed by atoms with van der Waals surface area (Å²) in [5, 5.41) is 22.1. The van der Waals surface area contributed by atoms with Crippen LogP contribution in [0.4, 0.5) is 0 Å². The lowest BCUT2D eigenvalue weighted by atomic mass is 9.49. The molecule has 2 aromatic rings. The van der Waals surface area contributed by atoms with Crippen LogP contribution in [0.1, 0.15) is 50.1 Å². The summed E-state index contributed by atoms with van der Waals surface area (Å²) < 4.78 is 2.23. The molecule has 4 atom stereocenters. The van der Waals surface area contributed by atoms with Gasteiger partial charge in [-0.2, -0.15) is 0 Å². The summed E-state index contributed by atoms with van der Waals surface area (Å²) in [5.41, 5.74) is 3.30. The van der Waals surface area contributed by atoms with E-state index in [1.165, 1.54) is 24.0 Å². The Morgan fingerprint density at radius 3 is 2.69 bits per heavy atom. The number of hydrogen-bond acceptors (Lipinski definition) is 3. The third-order valence-corrected chi connectivity index (χ3v) is 7.82. The Kier molecular flexibility index (Phi) is 3.08. The largest absolute Gasteiger partial charge is 0.393 e. The smallest absolute Gasteiger partial charge is 0.0956 e. The Bertz CT molecular complexity index is 843. The Morgan fingerprint density at radius 2 is 1.92 bits per heavy atom. The van der Waals surface area contributed by atoms with Gasteiger partial charge in [0.25, 0.3) is 0 Å². The third kappa shape index (κ3) is 2.06. The molecule has 0 spiro atoms. The van der Waals surface area contributed by atoms with Gasteiger partial charge in [0.2, 0.25) is 0 Å². The van der Waals surface area contributed by atoms with Crippen LogP contribution in [0.5, 0.6) is 0 Å². The van der Waals surface area contributed by atoms with Gasteiger partial charge in [-0.05, 0) is 67.8 Å². The minimum absolute atomic E-state index is 0.180. The van der Waals surface area contributed by atoms with Crippen molar-refractivity contribution in [3.05, 3.63) is 42.4 Å². The molecule has 4 aliphatic carbocycles. The van der Waals surface area contributed by atoms with Crippen LogP contribution >= 0.6 is 0 Å². The van der Waals surface area contributed by atoms with E-state index in [-0.39, 0.29) is 12.1 Å². The lowest BCUT2D eigenvalue weighted by Crippen LogP contribution is -2.57. The van der Waals surface area contributed by atoms with Gasteiger partial charge in [-0.1, -0.05) is 24.3 Å². The molecule has 26 heavy (non-hydrogen) atoms. The molecule has 4 heteroatoms. The fraction of sp³-hybridized carbons (Fsp3) is 0.591. The molecular formula is C22H26N2O2. The molecule has 0 amide bonds. The third-order valence-electron chi connectivity index (χ3n) is 7.82. The van der Waals surface area contributed by atoms with E-state index in [0.717, 1.165) is 31.4 Å². The average molecular weight is 350 g/mol. The molecule has 1 aromatic carbocycles. The van der Waals surface area contributed by atoms with Gasteiger partial charge in [-0.3, -0.25) is 0 Å². The zero-order valence-electron chi connectivity index (χ0n) is 15.0. The monoisotopic (exact) mass is 350 g/mol. The zero-order valence-corrected chi connectivity index (χ0v) is 15.0. The fourth-order valence-corrected chi connectivity index (χ4v) is 7.21. The summed E-state index contributed by atoms with van der Waals surface area (Å²) in [5.74, 6) is 2.04. The van der Waals surface area contributed by atoms with Gasteiger partial charge in [0.1, 0.15) is 0 Å². The second-order valence-corrected chi connectivity index (χ2v) is 9.36. The van der Waals surface area contributed by atoms with E-state index >= 15 is 0 Å². The number of rotatable bonds is 3. The Balaban J connectivity index is 1.30. The quantitative estimate of drug-likeness (QED) is 0.892. The maximum atomic E-state index is 11.3. The van der Waals surface area contributed by atoms with Crippen molar-refractivity contribution < 1.29 is 10.2 Å². The molecule has 0 saturated heterocycles. The molecule has 1 aliphatic heterocycles. The molecule has 0 radical (unpaired) electrons. The molecule has 2 heterocycles. The summed E-state index contributed by atoms with van der Waals surface area (Å²) in [4.78, 5) is 4.34. The van der Waals surface area contributed by atoms with Gasteiger partial charge in [0, 0.05) is 5.56 Å². The van der Waals surface area contributed by atoms with Gasteiger partial charge in [-0.15, -0.1) is 0 Å². The lowest BCUT2D eigenvalue weighted by Gasteiger charge is -2.59. The number of aliphatic hydroxyl groups excluding tert-OH is 1. The van der Waals surface area contributed by atoms with Crippen LogP contribution in [0.3, 0.4) is 0 Å². The Labute approximate surface area is 153 Å². The summed E-state index contributed by atoms with van der Waals surface area (Å²) in [6, 6.07) is 8.70. The molecular weight excluding hydrogens is 324 g/mol. The number of hydrogen-bond donors (Lipinski definition) is 2. The minimum atomic E-state index is -0.426. The van der Waals surface area contributed by atoms with Crippen LogP contribution in [-0.2, 0) is 0 Å². The van der Waals surface area contributed by atoms with Gasteiger partial charge in [0.15, 0.2) is 0 Å². The van der Waals surface area contributed by atoms with Crippen LogP contribution < -0.4 is 0 Å². The first-order valence-corrected chi connectivity index (χ1v) is 10.1. The lowest BCUT2D eigenvalue weighted by molar-refractivity contribution is -0.174. The molecule has 1 aromatic heterocycles. The van der Waals surface area contributed by atoms with Crippen molar-refractivity contribution in [3.8, 4) is 11.3 Å². The first-order chi connectivity index (χ1) is 12.6. The number of nitrogens with zero attached hydrogens (tertiary/aromatic N) is 2. The molecule has 4 fully saturated rings. The highest BCUT2D eigenvalue weighted by Crippen LogP contribution is 2.59. The van der Waals surface area contributed by atoms with Crippen molar-refractivity contribution in [1.82, 2.24) is 9.55 Å². The van der Waals surface area contributed by atoms with Gasteiger partial charge in [0.05, 0.1) is 36.0 Å². The molecule has 2 N–H and O–H groups in total. The standard InChI is InChI=1S/C22H26N2O2/c25-20(21-14-5-13-6-15(21)10-22(26,8-13)9-14)7-18-16-3-1-2-4-17(16)19-11-23-12-24(18)19/h1-4,11-15,18,20-21,25-26H,5-10H2. The van der Waals surface area contributed by atoms with E-state index in [4.69, 9.17) is 0 Å². The normalized spacial score (nSPS) is 40.5. The van der Waals surface area contributed by atoms with Crippen molar-refractivity contribution in [2.75, 3.05) is 0 Å². The van der Waals surface area contributed by atoms with E-state index in [2.05, 4.69) is 33.8 Å². The van der Waals surface area contributed by atoms with Crippen molar-refractivity contribution >= 4 is 0 Å². The Morgan fingerprint density at radius 1 is 1.15 bits per heavy atom. The van der Waals surface area contributed by atoms with E-state index < -0.39 is 5.60 Å². The van der Waals surface area contributed by atoms with Crippen LogP contribution in [0.25, 0.3) is 11.3 Å². The number of aromatic nitrogens is 2. The van der Waals surface area contributed by atoms with E-state index in [1.807, 2.05) is 12.5 Å². The maximum Gasteiger partial charge on any atom is 0.0956 e. The number of imidazole rings is 1. The van der Waals surface area contributed by atoms with Crippen molar-refractivity contribution in [2.24, 2.45) is 23.7 Å². The second kappa shape index (κ2) is 5.20. The maximum absolute atomic E-state index is 11.3. The molecule has 5 aliphatic rings. The van der Waals surface area contributed by atoms with Gasteiger partial charge < -0.3 is 14.8 Å². The van der Waals surface area contributed by atoms with Gasteiger partial charge in [-0.25, -0.2) is 4.98 Å². The first kappa shape index (κ1) is 15.4. The highest BCUT2D eigenvalue weighted by molar-refractivity contribution is 5.68. The molecule has 4 saturated carbocycles. The van der Waals surface area contributed by atoms with E-state index in [1.54, 1.807) is 0 Å².